The van der Waals surface area contributed by atoms with Crippen molar-refractivity contribution < 1.29 is 4.39 Å². The standard InChI is InChI=1S/C16H9Cl2FN4S/c17-11-5-4-9(13(18)8-11)7-14-22-23-15(20-21-16(23)24-14)10-2-1-3-12(19)6-10/h1-6,8H,7H2. The lowest BCUT2D eigenvalue weighted by atomic mass is 10.2. The highest BCUT2D eigenvalue weighted by Crippen LogP contribution is 2.27. The molecule has 4 rings (SSSR count). The minimum absolute atomic E-state index is 0.326. The third-order valence-corrected chi connectivity index (χ3v) is 4.96. The van der Waals surface area contributed by atoms with Crippen LogP contribution in [0.4, 0.5) is 4.39 Å². The number of aromatic nitrogens is 4. The van der Waals surface area contributed by atoms with Crippen LogP contribution >= 0.6 is 34.5 Å². The molecule has 2 heterocycles. The summed E-state index contributed by atoms with van der Waals surface area (Å²) in [5.74, 6) is 0.182. The van der Waals surface area contributed by atoms with Gasteiger partial charge in [0.2, 0.25) is 4.96 Å². The van der Waals surface area contributed by atoms with Crippen molar-refractivity contribution in [3.8, 4) is 11.4 Å². The molecule has 0 fully saturated rings. The van der Waals surface area contributed by atoms with Crippen LogP contribution in [0.25, 0.3) is 16.3 Å². The fourth-order valence-corrected chi connectivity index (χ4v) is 3.70. The van der Waals surface area contributed by atoms with Gasteiger partial charge in [0.25, 0.3) is 0 Å². The minimum Gasteiger partial charge on any atom is -0.207 e. The van der Waals surface area contributed by atoms with E-state index in [1.54, 1.807) is 28.8 Å². The van der Waals surface area contributed by atoms with Gasteiger partial charge in [0, 0.05) is 22.0 Å². The van der Waals surface area contributed by atoms with Crippen LogP contribution in [0.5, 0.6) is 0 Å². The molecule has 0 bridgehead atoms. The van der Waals surface area contributed by atoms with Gasteiger partial charge in [-0.1, -0.05) is 52.7 Å². The number of benzene rings is 2. The number of halogens is 3. The van der Waals surface area contributed by atoms with Crippen molar-refractivity contribution in [3.63, 3.8) is 0 Å². The lowest BCUT2D eigenvalue weighted by Gasteiger charge is -2.01. The molecule has 0 amide bonds. The first-order chi connectivity index (χ1) is 11.6. The van der Waals surface area contributed by atoms with Gasteiger partial charge in [-0.2, -0.15) is 9.61 Å². The molecular weight excluding hydrogens is 370 g/mol. The summed E-state index contributed by atoms with van der Waals surface area (Å²) in [5.41, 5.74) is 1.56. The van der Waals surface area contributed by atoms with Gasteiger partial charge in [-0.25, -0.2) is 4.39 Å². The summed E-state index contributed by atoms with van der Waals surface area (Å²) in [6.07, 6.45) is 0.562. The highest BCUT2D eigenvalue weighted by atomic mass is 35.5. The third kappa shape index (κ3) is 2.88. The van der Waals surface area contributed by atoms with Gasteiger partial charge in [-0.15, -0.1) is 10.2 Å². The Morgan fingerprint density at radius 2 is 1.96 bits per heavy atom. The first kappa shape index (κ1) is 15.5. The third-order valence-electron chi connectivity index (χ3n) is 3.47. The Morgan fingerprint density at radius 3 is 2.75 bits per heavy atom. The second-order valence-electron chi connectivity index (χ2n) is 5.14. The Balaban J connectivity index is 1.72. The van der Waals surface area contributed by atoms with Crippen molar-refractivity contribution in [1.82, 2.24) is 19.8 Å². The van der Waals surface area contributed by atoms with Crippen LogP contribution in [-0.2, 0) is 6.42 Å². The van der Waals surface area contributed by atoms with Crippen LogP contribution in [0.1, 0.15) is 10.6 Å². The predicted molar refractivity (Wildman–Crippen MR) is 93.3 cm³/mol. The molecule has 0 aliphatic rings. The van der Waals surface area contributed by atoms with Crippen molar-refractivity contribution in [3.05, 3.63) is 68.9 Å². The van der Waals surface area contributed by atoms with Crippen molar-refractivity contribution >= 4 is 39.5 Å². The zero-order chi connectivity index (χ0) is 16.7. The van der Waals surface area contributed by atoms with Crippen molar-refractivity contribution in [2.24, 2.45) is 0 Å². The molecule has 0 spiro atoms. The first-order valence-electron chi connectivity index (χ1n) is 7.01. The van der Waals surface area contributed by atoms with Gasteiger partial charge in [-0.05, 0) is 29.8 Å². The summed E-state index contributed by atoms with van der Waals surface area (Å²) in [6, 6.07) is 11.6. The Bertz CT molecular complexity index is 1040. The molecule has 0 radical (unpaired) electrons. The Labute approximate surface area is 150 Å². The summed E-state index contributed by atoms with van der Waals surface area (Å²) >= 11 is 13.5. The monoisotopic (exact) mass is 378 g/mol. The molecule has 24 heavy (non-hydrogen) atoms. The smallest absolute Gasteiger partial charge is 0.207 e. The fraction of sp³-hybridized carbons (Fsp3) is 0.0625. The van der Waals surface area contributed by atoms with E-state index in [1.165, 1.54) is 23.5 Å². The molecule has 0 N–H and O–H groups in total. The highest BCUT2D eigenvalue weighted by molar-refractivity contribution is 7.16. The molecule has 8 heteroatoms. The molecule has 0 saturated carbocycles. The average molecular weight is 379 g/mol. The number of hydrogen-bond donors (Lipinski definition) is 0. The van der Waals surface area contributed by atoms with Crippen LogP contribution in [0.3, 0.4) is 0 Å². The molecule has 2 aromatic carbocycles. The van der Waals surface area contributed by atoms with Crippen LogP contribution < -0.4 is 0 Å². The van der Waals surface area contributed by atoms with E-state index >= 15 is 0 Å². The number of hydrogen-bond acceptors (Lipinski definition) is 4. The molecule has 0 unspecified atom stereocenters. The van der Waals surface area contributed by atoms with Crippen molar-refractivity contribution in [1.29, 1.82) is 0 Å². The van der Waals surface area contributed by atoms with Gasteiger partial charge in [0.15, 0.2) is 5.82 Å². The summed E-state index contributed by atoms with van der Waals surface area (Å²) in [5, 5.41) is 14.8. The molecule has 0 aliphatic carbocycles. The lowest BCUT2D eigenvalue weighted by molar-refractivity contribution is 0.628. The molecule has 2 aromatic heterocycles. The SMILES string of the molecule is Fc1cccc(-c2nnc3sc(Cc4ccc(Cl)cc4Cl)nn23)c1. The first-order valence-corrected chi connectivity index (χ1v) is 8.58. The van der Waals surface area contributed by atoms with E-state index in [0.717, 1.165) is 10.6 Å². The normalized spacial score (nSPS) is 11.3. The van der Waals surface area contributed by atoms with E-state index < -0.39 is 0 Å². The van der Waals surface area contributed by atoms with E-state index in [4.69, 9.17) is 23.2 Å². The molecule has 4 aromatic rings. The highest BCUT2D eigenvalue weighted by Gasteiger charge is 2.15. The molecule has 120 valence electrons. The lowest BCUT2D eigenvalue weighted by Crippen LogP contribution is -1.94. The second kappa shape index (κ2) is 6.12. The number of nitrogens with zero attached hydrogens (tertiary/aromatic N) is 4. The predicted octanol–water partition coefficient (Wildman–Crippen LogP) is 4.89. The van der Waals surface area contributed by atoms with Gasteiger partial charge in [0.1, 0.15) is 10.8 Å². The van der Waals surface area contributed by atoms with Crippen LogP contribution in [-0.4, -0.2) is 19.8 Å². The van der Waals surface area contributed by atoms with E-state index in [9.17, 15) is 4.39 Å². The molecule has 0 saturated heterocycles. The van der Waals surface area contributed by atoms with E-state index in [1.807, 2.05) is 6.07 Å². The van der Waals surface area contributed by atoms with E-state index in [-0.39, 0.29) is 5.82 Å². The zero-order valence-electron chi connectivity index (χ0n) is 12.1. The van der Waals surface area contributed by atoms with Crippen LogP contribution in [0.2, 0.25) is 10.0 Å². The Kier molecular flexibility index (Phi) is 3.96. The summed E-state index contributed by atoms with van der Waals surface area (Å²) in [6.45, 7) is 0. The summed E-state index contributed by atoms with van der Waals surface area (Å²) in [4.78, 5) is 0.648. The molecular formula is C16H9Cl2FN4S. The topological polar surface area (TPSA) is 43.1 Å². The largest absolute Gasteiger partial charge is 0.234 e. The van der Waals surface area contributed by atoms with Gasteiger partial charge < -0.3 is 0 Å². The van der Waals surface area contributed by atoms with E-state index in [0.29, 0.717) is 32.8 Å². The quantitative estimate of drug-likeness (QED) is 0.509. The Hall–Kier alpha value is -2.02. The van der Waals surface area contributed by atoms with Crippen molar-refractivity contribution in [2.45, 2.75) is 6.42 Å². The molecule has 0 aliphatic heterocycles. The Morgan fingerprint density at radius 1 is 1.08 bits per heavy atom. The summed E-state index contributed by atoms with van der Waals surface area (Å²) < 4.78 is 15.1. The van der Waals surface area contributed by atoms with Gasteiger partial charge >= 0.3 is 0 Å². The average Bonchev–Trinajstić information content (AvgIpc) is 3.10. The number of fused-ring (bicyclic) bond motifs is 1. The summed E-state index contributed by atoms with van der Waals surface area (Å²) in [7, 11) is 0. The maximum absolute atomic E-state index is 13.4. The second-order valence-corrected chi connectivity index (χ2v) is 7.02. The minimum atomic E-state index is -0.326. The van der Waals surface area contributed by atoms with Crippen LogP contribution in [0.15, 0.2) is 42.5 Å². The molecule has 0 atom stereocenters. The fourth-order valence-electron chi connectivity index (χ4n) is 2.36. The van der Waals surface area contributed by atoms with Crippen LogP contribution in [0, 0.1) is 5.82 Å². The van der Waals surface area contributed by atoms with Gasteiger partial charge in [-0.3, -0.25) is 0 Å². The van der Waals surface area contributed by atoms with Crippen molar-refractivity contribution in [2.75, 3.05) is 0 Å². The maximum Gasteiger partial charge on any atom is 0.234 e. The maximum atomic E-state index is 13.4. The zero-order valence-corrected chi connectivity index (χ0v) is 14.4. The van der Waals surface area contributed by atoms with Gasteiger partial charge in [0.05, 0.1) is 0 Å². The number of rotatable bonds is 3. The molecule has 4 nitrogen and oxygen atoms in total. The van der Waals surface area contributed by atoms with E-state index in [2.05, 4.69) is 15.3 Å².